The average Bonchev–Trinajstić information content (AvgIpc) is 2.40. The first-order valence-corrected chi connectivity index (χ1v) is 6.70. The standard InChI is InChI=1S/C14H15BrN2O/c1-2-8-16-14-10-13(7-9-17-14)18-12-5-3-11(15)4-6-12/h3-7,9-10H,2,8H2,1H3,(H,16,17). The molecular weight excluding hydrogens is 292 g/mol. The topological polar surface area (TPSA) is 34.1 Å². The second-order valence-corrected chi connectivity index (χ2v) is 4.78. The molecule has 18 heavy (non-hydrogen) atoms. The van der Waals surface area contributed by atoms with Crippen LogP contribution in [0.15, 0.2) is 47.1 Å². The van der Waals surface area contributed by atoms with Crippen molar-refractivity contribution in [1.29, 1.82) is 0 Å². The fourth-order valence-corrected chi connectivity index (χ4v) is 1.73. The lowest BCUT2D eigenvalue weighted by atomic mass is 10.3. The number of rotatable bonds is 5. The number of anilines is 1. The second-order valence-electron chi connectivity index (χ2n) is 3.86. The van der Waals surface area contributed by atoms with E-state index >= 15 is 0 Å². The Morgan fingerprint density at radius 3 is 2.67 bits per heavy atom. The Labute approximate surface area is 115 Å². The third-order valence-electron chi connectivity index (χ3n) is 2.34. The third kappa shape index (κ3) is 3.74. The van der Waals surface area contributed by atoms with Gasteiger partial charge in [-0.25, -0.2) is 4.98 Å². The highest BCUT2D eigenvalue weighted by molar-refractivity contribution is 9.10. The molecule has 0 unspecified atom stereocenters. The minimum absolute atomic E-state index is 0.783. The molecule has 0 bridgehead atoms. The lowest BCUT2D eigenvalue weighted by Crippen LogP contribution is -2.01. The summed E-state index contributed by atoms with van der Waals surface area (Å²) in [6.07, 6.45) is 2.81. The summed E-state index contributed by atoms with van der Waals surface area (Å²) in [7, 11) is 0. The van der Waals surface area contributed by atoms with Crippen LogP contribution < -0.4 is 10.1 Å². The summed E-state index contributed by atoms with van der Waals surface area (Å²) in [5.74, 6) is 2.43. The molecule has 0 saturated heterocycles. The summed E-state index contributed by atoms with van der Waals surface area (Å²) in [6, 6.07) is 11.5. The normalized spacial score (nSPS) is 10.1. The van der Waals surface area contributed by atoms with Gasteiger partial charge in [0.15, 0.2) is 0 Å². The highest BCUT2D eigenvalue weighted by Crippen LogP contribution is 2.24. The molecule has 0 spiro atoms. The lowest BCUT2D eigenvalue weighted by molar-refractivity contribution is 0.482. The number of nitrogens with one attached hydrogen (secondary N) is 1. The molecule has 0 aliphatic carbocycles. The van der Waals surface area contributed by atoms with Gasteiger partial charge < -0.3 is 10.1 Å². The van der Waals surface area contributed by atoms with E-state index in [1.807, 2.05) is 36.4 Å². The average molecular weight is 307 g/mol. The smallest absolute Gasteiger partial charge is 0.132 e. The molecule has 1 aromatic heterocycles. The van der Waals surface area contributed by atoms with Crippen molar-refractivity contribution in [1.82, 2.24) is 4.98 Å². The molecule has 1 heterocycles. The first-order chi connectivity index (χ1) is 8.78. The van der Waals surface area contributed by atoms with E-state index in [2.05, 4.69) is 33.2 Å². The molecule has 0 amide bonds. The summed E-state index contributed by atoms with van der Waals surface area (Å²) in [5, 5.41) is 3.23. The molecule has 0 saturated carbocycles. The zero-order valence-corrected chi connectivity index (χ0v) is 11.8. The predicted octanol–water partition coefficient (Wildman–Crippen LogP) is 4.46. The first kappa shape index (κ1) is 12.9. The molecule has 0 atom stereocenters. The Hall–Kier alpha value is -1.55. The van der Waals surface area contributed by atoms with E-state index in [0.717, 1.165) is 34.8 Å². The molecule has 2 rings (SSSR count). The summed E-state index contributed by atoms with van der Waals surface area (Å²) >= 11 is 3.40. The van der Waals surface area contributed by atoms with Crippen molar-refractivity contribution in [3.8, 4) is 11.5 Å². The van der Waals surface area contributed by atoms with Gasteiger partial charge in [0.2, 0.25) is 0 Å². The number of pyridine rings is 1. The Morgan fingerprint density at radius 2 is 1.94 bits per heavy atom. The molecule has 4 heteroatoms. The van der Waals surface area contributed by atoms with Crippen molar-refractivity contribution in [3.05, 3.63) is 47.1 Å². The van der Waals surface area contributed by atoms with Gasteiger partial charge in [0.1, 0.15) is 17.3 Å². The number of aromatic nitrogens is 1. The summed E-state index contributed by atoms with van der Waals surface area (Å²) in [5.41, 5.74) is 0. The number of ether oxygens (including phenoxy) is 1. The Morgan fingerprint density at radius 1 is 1.17 bits per heavy atom. The molecule has 0 aliphatic heterocycles. The molecule has 3 nitrogen and oxygen atoms in total. The number of hydrogen-bond donors (Lipinski definition) is 1. The number of hydrogen-bond acceptors (Lipinski definition) is 3. The largest absolute Gasteiger partial charge is 0.457 e. The van der Waals surface area contributed by atoms with Crippen LogP contribution in [0.4, 0.5) is 5.82 Å². The van der Waals surface area contributed by atoms with Gasteiger partial charge in [0, 0.05) is 23.3 Å². The molecule has 0 fully saturated rings. The second kappa shape index (κ2) is 6.40. The van der Waals surface area contributed by atoms with E-state index in [0.29, 0.717) is 0 Å². The van der Waals surface area contributed by atoms with Gasteiger partial charge in [0.05, 0.1) is 0 Å². The van der Waals surface area contributed by atoms with Crippen LogP contribution in [0.2, 0.25) is 0 Å². The van der Waals surface area contributed by atoms with Crippen LogP contribution in [0.3, 0.4) is 0 Å². The summed E-state index contributed by atoms with van der Waals surface area (Å²) in [6.45, 7) is 3.03. The summed E-state index contributed by atoms with van der Waals surface area (Å²) in [4.78, 5) is 4.23. The van der Waals surface area contributed by atoms with Gasteiger partial charge in [-0.15, -0.1) is 0 Å². The van der Waals surface area contributed by atoms with E-state index < -0.39 is 0 Å². The van der Waals surface area contributed by atoms with E-state index in [-0.39, 0.29) is 0 Å². The number of halogens is 1. The van der Waals surface area contributed by atoms with Crippen LogP contribution >= 0.6 is 15.9 Å². The lowest BCUT2D eigenvalue weighted by Gasteiger charge is -2.08. The molecular formula is C14H15BrN2O. The van der Waals surface area contributed by atoms with Gasteiger partial charge in [-0.3, -0.25) is 0 Å². The Bertz CT molecular complexity index is 499. The molecule has 0 radical (unpaired) electrons. The molecule has 2 aromatic rings. The minimum atomic E-state index is 0.783. The maximum Gasteiger partial charge on any atom is 0.132 e. The van der Waals surface area contributed by atoms with Crippen molar-refractivity contribution < 1.29 is 4.74 Å². The van der Waals surface area contributed by atoms with E-state index in [9.17, 15) is 0 Å². The van der Waals surface area contributed by atoms with Gasteiger partial charge in [-0.2, -0.15) is 0 Å². The van der Waals surface area contributed by atoms with Crippen LogP contribution in [0, 0.1) is 0 Å². The first-order valence-electron chi connectivity index (χ1n) is 5.91. The molecule has 1 aromatic carbocycles. The van der Waals surface area contributed by atoms with Crippen molar-refractivity contribution in [2.75, 3.05) is 11.9 Å². The van der Waals surface area contributed by atoms with Gasteiger partial charge >= 0.3 is 0 Å². The monoisotopic (exact) mass is 306 g/mol. The third-order valence-corrected chi connectivity index (χ3v) is 2.87. The van der Waals surface area contributed by atoms with Crippen molar-refractivity contribution >= 4 is 21.7 Å². The van der Waals surface area contributed by atoms with E-state index in [4.69, 9.17) is 4.74 Å². The quantitative estimate of drug-likeness (QED) is 0.885. The highest BCUT2D eigenvalue weighted by atomic mass is 79.9. The van der Waals surface area contributed by atoms with Gasteiger partial charge in [0.25, 0.3) is 0 Å². The fraction of sp³-hybridized carbons (Fsp3) is 0.214. The maximum absolute atomic E-state index is 5.75. The van der Waals surface area contributed by atoms with Crippen molar-refractivity contribution in [3.63, 3.8) is 0 Å². The van der Waals surface area contributed by atoms with Crippen LogP contribution in [0.1, 0.15) is 13.3 Å². The van der Waals surface area contributed by atoms with Crippen LogP contribution in [-0.4, -0.2) is 11.5 Å². The van der Waals surface area contributed by atoms with Gasteiger partial charge in [-0.05, 0) is 36.8 Å². The SMILES string of the molecule is CCCNc1cc(Oc2ccc(Br)cc2)ccn1. The number of benzene rings is 1. The van der Waals surface area contributed by atoms with Crippen molar-refractivity contribution in [2.24, 2.45) is 0 Å². The number of nitrogens with zero attached hydrogens (tertiary/aromatic N) is 1. The molecule has 1 N–H and O–H groups in total. The zero-order chi connectivity index (χ0) is 12.8. The van der Waals surface area contributed by atoms with E-state index in [1.165, 1.54) is 0 Å². The zero-order valence-electron chi connectivity index (χ0n) is 10.2. The minimum Gasteiger partial charge on any atom is -0.457 e. The van der Waals surface area contributed by atoms with E-state index in [1.54, 1.807) is 6.20 Å². The maximum atomic E-state index is 5.75. The molecule has 0 aliphatic rings. The predicted molar refractivity (Wildman–Crippen MR) is 77.2 cm³/mol. The molecule has 94 valence electrons. The van der Waals surface area contributed by atoms with Crippen molar-refractivity contribution in [2.45, 2.75) is 13.3 Å². The van der Waals surface area contributed by atoms with Crippen LogP contribution in [0.5, 0.6) is 11.5 Å². The fourth-order valence-electron chi connectivity index (χ4n) is 1.46. The van der Waals surface area contributed by atoms with Crippen LogP contribution in [-0.2, 0) is 0 Å². The Kier molecular flexibility index (Phi) is 4.59. The van der Waals surface area contributed by atoms with Crippen LogP contribution in [0.25, 0.3) is 0 Å². The van der Waals surface area contributed by atoms with Gasteiger partial charge in [-0.1, -0.05) is 22.9 Å². The Balaban J connectivity index is 2.06. The highest BCUT2D eigenvalue weighted by Gasteiger charge is 1.99. The summed E-state index contributed by atoms with van der Waals surface area (Å²) < 4.78 is 6.79.